The third-order valence-electron chi connectivity index (χ3n) is 5.32. The van der Waals surface area contributed by atoms with Crippen molar-refractivity contribution in [2.45, 2.75) is 37.5 Å². The Morgan fingerprint density at radius 2 is 1.65 bits per heavy atom. The number of hydrogen-bond acceptors (Lipinski definition) is 3. The molecule has 0 saturated carbocycles. The lowest BCUT2D eigenvalue weighted by atomic mass is 10.1. The number of urea groups is 1. The molecular weight excluding hydrogens is 406 g/mol. The van der Waals surface area contributed by atoms with Crippen LogP contribution in [-0.2, 0) is 0 Å². The van der Waals surface area contributed by atoms with Gasteiger partial charge in [-0.05, 0) is 69.2 Å². The van der Waals surface area contributed by atoms with Crippen molar-refractivity contribution in [3.8, 4) is 0 Å². The van der Waals surface area contributed by atoms with Crippen molar-refractivity contribution in [3.05, 3.63) is 76.9 Å². The zero-order valence-electron chi connectivity index (χ0n) is 18.1. The van der Waals surface area contributed by atoms with Gasteiger partial charge in [0.2, 0.25) is 0 Å². The minimum Gasteiger partial charge on any atom is -0.308 e. The van der Waals surface area contributed by atoms with Crippen molar-refractivity contribution < 1.29 is 9.59 Å². The van der Waals surface area contributed by atoms with E-state index in [9.17, 15) is 9.59 Å². The minimum atomic E-state index is -0.311. The second-order valence-corrected chi connectivity index (χ2v) is 8.77. The molecule has 0 spiro atoms. The molecule has 3 aromatic carbocycles. The highest BCUT2D eigenvalue weighted by atomic mass is 32.2. The lowest BCUT2D eigenvalue weighted by Gasteiger charge is -2.22. The van der Waals surface area contributed by atoms with Crippen LogP contribution >= 0.6 is 11.8 Å². The van der Waals surface area contributed by atoms with E-state index in [0.717, 1.165) is 37.9 Å². The number of benzene rings is 3. The molecule has 3 aromatic rings. The summed E-state index contributed by atoms with van der Waals surface area (Å²) >= 11 is 1.57. The lowest BCUT2D eigenvalue weighted by Crippen LogP contribution is -2.30. The van der Waals surface area contributed by atoms with E-state index in [2.05, 4.69) is 10.6 Å². The average Bonchev–Trinajstić information content (AvgIpc) is 2.84. The van der Waals surface area contributed by atoms with Crippen LogP contribution in [0.15, 0.2) is 64.4 Å². The van der Waals surface area contributed by atoms with Gasteiger partial charge in [-0.25, -0.2) is 4.79 Å². The first-order valence-electron chi connectivity index (χ1n) is 10.3. The predicted molar refractivity (Wildman–Crippen MR) is 128 cm³/mol. The largest absolute Gasteiger partial charge is 0.323 e. The molecule has 1 aliphatic heterocycles. The van der Waals surface area contributed by atoms with Crippen LogP contribution in [0.25, 0.3) is 0 Å². The molecule has 0 saturated heterocycles. The first kappa shape index (κ1) is 21.0. The van der Waals surface area contributed by atoms with Crippen LogP contribution in [0.2, 0.25) is 0 Å². The summed E-state index contributed by atoms with van der Waals surface area (Å²) in [5.74, 6) is -0.0307. The van der Waals surface area contributed by atoms with E-state index >= 15 is 0 Å². The van der Waals surface area contributed by atoms with E-state index in [1.807, 2.05) is 82.3 Å². The summed E-state index contributed by atoms with van der Waals surface area (Å²) in [6.07, 6.45) is 0. The number of rotatable bonds is 3. The van der Waals surface area contributed by atoms with Gasteiger partial charge in [0.1, 0.15) is 0 Å². The molecule has 31 heavy (non-hydrogen) atoms. The quantitative estimate of drug-likeness (QED) is 0.505. The number of amides is 3. The third kappa shape index (κ3) is 4.16. The van der Waals surface area contributed by atoms with E-state index in [1.165, 1.54) is 0 Å². The predicted octanol–water partition coefficient (Wildman–Crippen LogP) is 6.39. The summed E-state index contributed by atoms with van der Waals surface area (Å²) in [6.45, 7) is 8.50. The molecule has 158 valence electrons. The van der Waals surface area contributed by atoms with Crippen LogP contribution in [0.1, 0.15) is 34.0 Å². The maximum Gasteiger partial charge on any atom is 0.323 e. The topological polar surface area (TPSA) is 61.4 Å². The van der Waals surface area contributed by atoms with E-state index in [0.29, 0.717) is 17.8 Å². The molecule has 0 bridgehead atoms. The van der Waals surface area contributed by atoms with Crippen molar-refractivity contribution in [1.29, 1.82) is 0 Å². The van der Waals surface area contributed by atoms with Gasteiger partial charge in [0.05, 0.1) is 11.3 Å². The van der Waals surface area contributed by atoms with Crippen LogP contribution in [0.3, 0.4) is 0 Å². The number of carbonyl (C=O) groups excluding carboxylic acids is 2. The molecule has 0 unspecified atom stereocenters. The minimum absolute atomic E-state index is 0.0307. The third-order valence-corrected chi connectivity index (χ3v) is 6.46. The monoisotopic (exact) mass is 431 g/mol. The summed E-state index contributed by atoms with van der Waals surface area (Å²) in [6, 6.07) is 17.1. The smallest absolute Gasteiger partial charge is 0.308 e. The number of anilines is 3. The number of fused-ring (bicyclic) bond motifs is 2. The van der Waals surface area contributed by atoms with Crippen molar-refractivity contribution in [2.75, 3.05) is 22.1 Å². The van der Waals surface area contributed by atoms with E-state index in [1.54, 1.807) is 16.7 Å². The fourth-order valence-electron chi connectivity index (χ4n) is 3.96. The fraction of sp³-hybridized carbons (Fsp3) is 0.200. The molecule has 0 atom stereocenters. The molecule has 2 N–H and O–H groups in total. The number of nitrogens with zero attached hydrogens (tertiary/aromatic N) is 1. The molecule has 4 rings (SSSR count). The second kappa shape index (κ2) is 8.47. The molecule has 1 heterocycles. The molecular formula is C25H25N3O2S. The summed E-state index contributed by atoms with van der Waals surface area (Å²) < 4.78 is 0. The Kier molecular flexibility index (Phi) is 5.74. The Labute approximate surface area is 186 Å². The Hall–Kier alpha value is -3.25. The van der Waals surface area contributed by atoms with Crippen LogP contribution in [0.5, 0.6) is 0 Å². The fourth-order valence-corrected chi connectivity index (χ4v) is 5.02. The van der Waals surface area contributed by atoms with Crippen molar-refractivity contribution in [2.24, 2.45) is 0 Å². The molecule has 6 heteroatoms. The van der Waals surface area contributed by atoms with Crippen LogP contribution in [0.4, 0.5) is 21.9 Å². The zero-order valence-corrected chi connectivity index (χ0v) is 18.9. The SMILES string of the molecule is CCN1C(=O)c2ccccc2Sc2ccc(NC(=O)Nc3c(C)cc(C)cc3C)cc21. The van der Waals surface area contributed by atoms with Gasteiger partial charge in [0.25, 0.3) is 5.91 Å². The van der Waals surface area contributed by atoms with Crippen LogP contribution < -0.4 is 15.5 Å². The Balaban J connectivity index is 1.61. The highest BCUT2D eigenvalue weighted by Crippen LogP contribution is 2.42. The summed E-state index contributed by atoms with van der Waals surface area (Å²) in [5.41, 5.74) is 6.15. The molecule has 3 amide bonds. The Bertz CT molecular complexity index is 1170. The van der Waals surface area contributed by atoms with Crippen molar-refractivity contribution >= 4 is 40.8 Å². The van der Waals surface area contributed by atoms with Crippen LogP contribution in [-0.4, -0.2) is 18.5 Å². The lowest BCUT2D eigenvalue weighted by molar-refractivity contribution is 0.0985. The number of hydrogen-bond donors (Lipinski definition) is 2. The van der Waals surface area contributed by atoms with Gasteiger partial charge in [0.15, 0.2) is 0 Å². The van der Waals surface area contributed by atoms with Gasteiger partial charge in [-0.1, -0.05) is 41.6 Å². The summed E-state index contributed by atoms with van der Waals surface area (Å²) in [4.78, 5) is 29.5. The first-order chi connectivity index (χ1) is 14.9. The number of nitrogens with one attached hydrogen (secondary N) is 2. The molecule has 0 aromatic heterocycles. The first-order valence-corrected chi connectivity index (χ1v) is 11.1. The standard InChI is InChI=1S/C25H25N3O2S/c1-5-28-20-14-18(26-25(30)27-23-16(3)12-15(2)13-17(23)4)10-11-22(20)31-21-9-7-6-8-19(21)24(28)29/h6-14H,5H2,1-4H3,(H2,26,27,30). The van der Waals surface area contributed by atoms with Crippen LogP contribution in [0, 0.1) is 20.8 Å². The zero-order chi connectivity index (χ0) is 22.1. The maximum absolute atomic E-state index is 13.1. The van der Waals surface area contributed by atoms with E-state index < -0.39 is 0 Å². The van der Waals surface area contributed by atoms with Gasteiger partial charge in [-0.15, -0.1) is 0 Å². The Morgan fingerprint density at radius 1 is 0.935 bits per heavy atom. The van der Waals surface area contributed by atoms with Gasteiger partial charge in [-0.2, -0.15) is 0 Å². The number of aryl methyl sites for hydroxylation is 3. The molecule has 0 radical (unpaired) electrons. The number of carbonyl (C=O) groups is 2. The molecule has 1 aliphatic rings. The molecule has 0 fully saturated rings. The van der Waals surface area contributed by atoms with Gasteiger partial charge in [0, 0.05) is 27.7 Å². The van der Waals surface area contributed by atoms with Gasteiger partial charge in [-0.3, -0.25) is 4.79 Å². The average molecular weight is 432 g/mol. The van der Waals surface area contributed by atoms with E-state index in [4.69, 9.17) is 0 Å². The summed E-state index contributed by atoms with van der Waals surface area (Å²) in [7, 11) is 0. The van der Waals surface area contributed by atoms with Crippen molar-refractivity contribution in [3.63, 3.8) is 0 Å². The van der Waals surface area contributed by atoms with Gasteiger partial charge < -0.3 is 15.5 Å². The van der Waals surface area contributed by atoms with E-state index in [-0.39, 0.29) is 11.9 Å². The van der Waals surface area contributed by atoms with Crippen molar-refractivity contribution in [1.82, 2.24) is 0 Å². The normalized spacial score (nSPS) is 12.6. The maximum atomic E-state index is 13.1. The Morgan fingerprint density at radius 3 is 2.35 bits per heavy atom. The summed E-state index contributed by atoms with van der Waals surface area (Å²) in [5, 5.41) is 5.87. The molecule has 5 nitrogen and oxygen atoms in total. The molecule has 0 aliphatic carbocycles. The second-order valence-electron chi connectivity index (χ2n) is 7.68. The highest BCUT2D eigenvalue weighted by molar-refractivity contribution is 7.99. The highest BCUT2D eigenvalue weighted by Gasteiger charge is 2.26. The van der Waals surface area contributed by atoms with Gasteiger partial charge >= 0.3 is 6.03 Å².